The first-order valence-corrected chi connectivity index (χ1v) is 4.44. The molecule has 0 aromatic heterocycles. The van der Waals surface area contributed by atoms with E-state index in [0.717, 1.165) is 0 Å². The summed E-state index contributed by atoms with van der Waals surface area (Å²) in [7, 11) is 1.90. The van der Waals surface area contributed by atoms with Crippen molar-refractivity contribution in [3.8, 4) is 0 Å². The fourth-order valence-electron chi connectivity index (χ4n) is 1.05. The zero-order valence-electron chi connectivity index (χ0n) is 7.49. The fraction of sp³-hybridized carbons (Fsp3) is 0.125. The predicted molar refractivity (Wildman–Crippen MR) is 59.6 cm³/mol. The zero-order chi connectivity index (χ0) is 10.7. The van der Waals surface area contributed by atoms with Crippen LogP contribution in [0.2, 0.25) is 0 Å². The maximum Gasteiger partial charge on any atom is 0.320 e. The fourth-order valence-corrected chi connectivity index (χ4v) is 1.13. The molecule has 1 aromatic rings. The molecule has 0 fully saturated rings. The molecule has 0 spiro atoms. The first-order valence-electron chi connectivity index (χ1n) is 3.86. The molecule has 0 aliphatic heterocycles. The van der Waals surface area contributed by atoms with E-state index in [-0.39, 0.29) is 6.61 Å². The Hall–Kier alpha value is -1.48. The lowest BCUT2D eigenvalue weighted by Crippen LogP contribution is -2.04. The van der Waals surface area contributed by atoms with Crippen LogP contribution in [0.25, 0.3) is 0 Å². The maximum absolute atomic E-state index is 10.5. The Bertz CT molecular complexity index is 345. The highest BCUT2D eigenvalue weighted by Crippen LogP contribution is 2.24. The van der Waals surface area contributed by atoms with Crippen LogP contribution in [0.4, 0.5) is 21.9 Å². The third-order valence-corrected chi connectivity index (χ3v) is 1.87. The Morgan fingerprint density at radius 2 is 1.79 bits per heavy atom. The van der Waals surface area contributed by atoms with Gasteiger partial charge in [0.2, 0.25) is 0 Å². The average Bonchev–Trinajstić information content (AvgIpc) is 2.01. The molecule has 0 bridgehead atoms. The number of nitrogen functional groups attached to an aromatic ring is 3. The summed E-state index contributed by atoms with van der Waals surface area (Å²) in [5.41, 5.74) is 18.3. The lowest BCUT2D eigenvalue weighted by molar-refractivity contribution is 0.169. The molecule has 14 heavy (non-hydrogen) atoms. The number of carbonyl (C=O) groups excluding carboxylic acids is 1. The SMILES string of the molecule is Nc1cc(N)c(COC(=O)P)c(N)c1. The molecule has 1 aromatic carbocycles. The summed E-state index contributed by atoms with van der Waals surface area (Å²) in [5.74, 6) is 0. The third-order valence-electron chi connectivity index (χ3n) is 1.70. The molecule has 0 heterocycles. The summed E-state index contributed by atoms with van der Waals surface area (Å²) in [6.07, 6.45) is 0. The second-order valence-corrected chi connectivity index (χ2v) is 3.26. The van der Waals surface area contributed by atoms with Crippen LogP contribution in [0.15, 0.2) is 12.1 Å². The molecule has 6 heteroatoms. The normalized spacial score (nSPS) is 9.79. The van der Waals surface area contributed by atoms with E-state index >= 15 is 0 Å². The van der Waals surface area contributed by atoms with Crippen LogP contribution in [-0.4, -0.2) is 5.71 Å². The van der Waals surface area contributed by atoms with E-state index in [1.165, 1.54) is 0 Å². The highest BCUT2D eigenvalue weighted by Gasteiger charge is 2.06. The highest BCUT2D eigenvalue weighted by molar-refractivity contribution is 7.39. The predicted octanol–water partition coefficient (Wildman–Crippen LogP) is 0.945. The van der Waals surface area contributed by atoms with Gasteiger partial charge in [0.1, 0.15) is 6.61 Å². The molecule has 5 nitrogen and oxygen atoms in total. The van der Waals surface area contributed by atoms with Crippen molar-refractivity contribution >= 4 is 32.0 Å². The van der Waals surface area contributed by atoms with Crippen molar-refractivity contribution in [2.24, 2.45) is 0 Å². The van der Waals surface area contributed by atoms with Gasteiger partial charge in [-0.3, -0.25) is 0 Å². The van der Waals surface area contributed by atoms with Gasteiger partial charge in [0.05, 0.1) is 0 Å². The van der Waals surface area contributed by atoms with Crippen LogP contribution in [0.5, 0.6) is 0 Å². The zero-order valence-corrected chi connectivity index (χ0v) is 8.64. The quantitative estimate of drug-likeness (QED) is 0.501. The number of ether oxygens (including phenoxy) is 1. The molecule has 1 unspecified atom stereocenters. The maximum atomic E-state index is 10.5. The van der Waals surface area contributed by atoms with E-state index in [9.17, 15) is 4.79 Å². The Morgan fingerprint density at radius 3 is 2.21 bits per heavy atom. The monoisotopic (exact) mass is 213 g/mol. The van der Waals surface area contributed by atoms with Crippen LogP contribution >= 0.6 is 9.24 Å². The van der Waals surface area contributed by atoms with Gasteiger partial charge in [0, 0.05) is 22.6 Å². The van der Waals surface area contributed by atoms with Crippen LogP contribution in [0, 0.1) is 0 Å². The van der Waals surface area contributed by atoms with Crippen molar-refractivity contribution in [2.75, 3.05) is 17.2 Å². The van der Waals surface area contributed by atoms with Gasteiger partial charge in [-0.1, -0.05) is 0 Å². The summed E-state index contributed by atoms with van der Waals surface area (Å²) in [5, 5.41) is 0. The first kappa shape index (κ1) is 10.6. The van der Waals surface area contributed by atoms with Gasteiger partial charge in [0.15, 0.2) is 0 Å². The Morgan fingerprint density at radius 1 is 1.29 bits per heavy atom. The van der Waals surface area contributed by atoms with E-state index in [0.29, 0.717) is 22.6 Å². The summed E-state index contributed by atoms with van der Waals surface area (Å²) in [4.78, 5) is 10.5. The topological polar surface area (TPSA) is 104 Å². The Balaban J connectivity index is 2.91. The van der Waals surface area contributed by atoms with Crippen molar-refractivity contribution in [3.05, 3.63) is 17.7 Å². The summed E-state index contributed by atoms with van der Waals surface area (Å²) >= 11 is 0. The minimum absolute atomic E-state index is 0.0558. The van der Waals surface area contributed by atoms with Crippen molar-refractivity contribution in [3.63, 3.8) is 0 Å². The van der Waals surface area contributed by atoms with Gasteiger partial charge in [-0.15, -0.1) is 0 Å². The molecule has 1 rings (SSSR count). The molecular formula is C8H12N3O2P. The van der Waals surface area contributed by atoms with E-state index < -0.39 is 5.71 Å². The number of benzene rings is 1. The molecule has 0 aliphatic rings. The molecule has 6 N–H and O–H groups in total. The van der Waals surface area contributed by atoms with Gasteiger partial charge < -0.3 is 21.9 Å². The highest BCUT2D eigenvalue weighted by atomic mass is 31.0. The number of hydrogen-bond donors (Lipinski definition) is 3. The molecular weight excluding hydrogens is 201 g/mol. The molecule has 0 aliphatic carbocycles. The smallest absolute Gasteiger partial charge is 0.320 e. The van der Waals surface area contributed by atoms with Gasteiger partial charge in [-0.25, -0.2) is 4.79 Å². The van der Waals surface area contributed by atoms with Gasteiger partial charge in [-0.2, -0.15) is 0 Å². The number of carbonyl (C=O) groups is 1. The Labute approximate surface area is 83.8 Å². The van der Waals surface area contributed by atoms with E-state index in [1.807, 2.05) is 9.24 Å². The van der Waals surface area contributed by atoms with Crippen LogP contribution < -0.4 is 17.2 Å². The molecule has 0 saturated carbocycles. The van der Waals surface area contributed by atoms with Crippen molar-refractivity contribution in [2.45, 2.75) is 6.61 Å². The van der Waals surface area contributed by atoms with E-state index in [4.69, 9.17) is 21.9 Å². The minimum atomic E-state index is -0.458. The lowest BCUT2D eigenvalue weighted by atomic mass is 10.1. The summed E-state index contributed by atoms with van der Waals surface area (Å²) in [6.45, 7) is 0.0558. The van der Waals surface area contributed by atoms with Gasteiger partial charge in [-0.05, 0) is 21.4 Å². The van der Waals surface area contributed by atoms with Crippen molar-refractivity contribution < 1.29 is 9.53 Å². The third kappa shape index (κ3) is 2.50. The lowest BCUT2D eigenvalue weighted by Gasteiger charge is -2.09. The Kier molecular flexibility index (Phi) is 3.14. The number of anilines is 3. The van der Waals surface area contributed by atoms with Crippen LogP contribution in [0.3, 0.4) is 0 Å². The number of nitrogens with two attached hydrogens (primary N) is 3. The standard InChI is InChI=1S/C8H12N3O2P/c9-4-1-6(10)5(7(11)2-4)3-13-8(12)14/h1-2H,3,9-11,14H2. The largest absolute Gasteiger partial charge is 0.458 e. The van der Waals surface area contributed by atoms with Crippen LogP contribution in [0.1, 0.15) is 5.56 Å². The molecule has 0 radical (unpaired) electrons. The van der Waals surface area contributed by atoms with Crippen molar-refractivity contribution in [1.29, 1.82) is 0 Å². The van der Waals surface area contributed by atoms with E-state index in [2.05, 4.69) is 0 Å². The molecule has 0 saturated heterocycles. The molecule has 1 atom stereocenters. The summed E-state index contributed by atoms with van der Waals surface area (Å²) < 4.78 is 4.75. The number of rotatable bonds is 2. The summed E-state index contributed by atoms with van der Waals surface area (Å²) in [6, 6.07) is 3.14. The van der Waals surface area contributed by atoms with Crippen molar-refractivity contribution in [1.82, 2.24) is 0 Å². The van der Waals surface area contributed by atoms with Crippen LogP contribution in [-0.2, 0) is 11.3 Å². The van der Waals surface area contributed by atoms with Gasteiger partial charge in [0.25, 0.3) is 0 Å². The van der Waals surface area contributed by atoms with Gasteiger partial charge >= 0.3 is 5.71 Å². The second kappa shape index (κ2) is 4.15. The molecule has 0 amide bonds. The molecule has 76 valence electrons. The first-order chi connectivity index (χ1) is 6.50. The number of hydrogen-bond acceptors (Lipinski definition) is 5. The minimum Gasteiger partial charge on any atom is -0.458 e. The average molecular weight is 213 g/mol. The van der Waals surface area contributed by atoms with E-state index in [1.54, 1.807) is 12.1 Å². The second-order valence-electron chi connectivity index (χ2n) is 2.79.